The van der Waals surface area contributed by atoms with Gasteiger partial charge >= 0.3 is 12.0 Å². The van der Waals surface area contributed by atoms with Crippen LogP contribution in [0.1, 0.15) is 18.5 Å². The third-order valence-corrected chi connectivity index (χ3v) is 3.96. The monoisotopic (exact) mass is 358 g/mol. The molecule has 1 aliphatic rings. The van der Waals surface area contributed by atoms with Gasteiger partial charge in [0.25, 0.3) is 0 Å². The first kappa shape index (κ1) is 17.6. The zero-order valence-electron chi connectivity index (χ0n) is 12.6. The lowest BCUT2D eigenvalue weighted by atomic mass is 9.95. The predicted molar refractivity (Wildman–Crippen MR) is 86.4 cm³/mol. The molecule has 2 rings (SSSR count). The highest BCUT2D eigenvalue weighted by atomic mass is 35.5. The summed E-state index contributed by atoms with van der Waals surface area (Å²) < 4.78 is 10.0. The van der Waals surface area contributed by atoms with Crippen LogP contribution in [-0.4, -0.2) is 32.3 Å². The zero-order chi connectivity index (χ0) is 17.0. The lowest BCUT2D eigenvalue weighted by molar-refractivity contribution is -0.140. The van der Waals surface area contributed by atoms with Gasteiger partial charge < -0.3 is 20.1 Å². The first-order chi connectivity index (χ1) is 11.0. The summed E-state index contributed by atoms with van der Waals surface area (Å²) in [5.41, 5.74) is 1.08. The van der Waals surface area contributed by atoms with Crippen molar-refractivity contribution in [1.82, 2.24) is 10.6 Å². The number of benzene rings is 1. The molecule has 2 N–H and O–H groups in total. The molecule has 0 bridgehead atoms. The summed E-state index contributed by atoms with van der Waals surface area (Å²) in [6, 6.07) is 3.72. The summed E-state index contributed by atoms with van der Waals surface area (Å²) in [5, 5.41) is 5.90. The molecular weight excluding hydrogens is 343 g/mol. The van der Waals surface area contributed by atoms with Crippen molar-refractivity contribution >= 4 is 35.2 Å². The van der Waals surface area contributed by atoms with E-state index < -0.39 is 18.0 Å². The highest BCUT2D eigenvalue weighted by molar-refractivity contribution is 6.36. The molecule has 6 nitrogen and oxygen atoms in total. The molecule has 23 heavy (non-hydrogen) atoms. The van der Waals surface area contributed by atoms with E-state index in [1.165, 1.54) is 7.11 Å². The lowest BCUT2D eigenvalue weighted by Crippen LogP contribution is -2.45. The number of hydrogen-bond donors (Lipinski definition) is 2. The molecule has 8 heteroatoms. The SMILES string of the molecule is COCCOC(=O)C1=C(C)NC(=O)NC1c1c(Cl)cccc1Cl. The van der Waals surface area contributed by atoms with E-state index >= 15 is 0 Å². The second kappa shape index (κ2) is 7.68. The molecule has 1 atom stereocenters. The number of halogens is 2. The van der Waals surface area contributed by atoms with Gasteiger partial charge in [0.05, 0.1) is 18.2 Å². The second-order valence-corrected chi connectivity index (χ2v) is 5.65. The zero-order valence-corrected chi connectivity index (χ0v) is 14.1. The largest absolute Gasteiger partial charge is 0.460 e. The molecule has 124 valence electrons. The molecule has 1 aliphatic heterocycles. The van der Waals surface area contributed by atoms with Crippen LogP contribution in [0.15, 0.2) is 29.5 Å². The fourth-order valence-electron chi connectivity index (χ4n) is 2.26. The van der Waals surface area contributed by atoms with Crippen molar-refractivity contribution in [3.63, 3.8) is 0 Å². The topological polar surface area (TPSA) is 76.7 Å². The maximum atomic E-state index is 12.4. The fraction of sp³-hybridized carbons (Fsp3) is 0.333. The average Bonchev–Trinajstić information content (AvgIpc) is 2.46. The maximum Gasteiger partial charge on any atom is 0.338 e. The summed E-state index contributed by atoms with van der Waals surface area (Å²) in [7, 11) is 1.51. The normalized spacial score (nSPS) is 17.6. The number of rotatable bonds is 5. The Morgan fingerprint density at radius 2 is 1.91 bits per heavy atom. The van der Waals surface area contributed by atoms with E-state index in [2.05, 4.69) is 10.6 Å². The summed E-state index contributed by atoms with van der Waals surface area (Å²) in [4.78, 5) is 24.2. The minimum Gasteiger partial charge on any atom is -0.460 e. The molecule has 0 radical (unpaired) electrons. The highest BCUT2D eigenvalue weighted by Crippen LogP contribution is 2.36. The van der Waals surface area contributed by atoms with Crippen LogP contribution in [0.25, 0.3) is 0 Å². The molecule has 1 aromatic carbocycles. The Morgan fingerprint density at radius 1 is 1.26 bits per heavy atom. The first-order valence-corrected chi connectivity index (χ1v) is 7.59. The molecular formula is C15H16Cl2N2O4. The van der Waals surface area contributed by atoms with Crippen LogP contribution in [0.3, 0.4) is 0 Å². The van der Waals surface area contributed by atoms with Gasteiger partial charge in [0.15, 0.2) is 0 Å². The predicted octanol–water partition coefficient (Wildman–Crippen LogP) is 2.81. The number of hydrogen-bond acceptors (Lipinski definition) is 4. The third-order valence-electron chi connectivity index (χ3n) is 3.30. The van der Waals surface area contributed by atoms with Crippen molar-refractivity contribution in [2.75, 3.05) is 20.3 Å². The smallest absolute Gasteiger partial charge is 0.338 e. The van der Waals surface area contributed by atoms with Gasteiger partial charge in [-0.1, -0.05) is 29.3 Å². The van der Waals surface area contributed by atoms with Crippen LogP contribution >= 0.6 is 23.2 Å². The number of methoxy groups -OCH3 is 1. The Bertz CT molecular complexity index is 641. The van der Waals surface area contributed by atoms with Crippen LogP contribution < -0.4 is 10.6 Å². The van der Waals surface area contributed by atoms with Crippen LogP contribution in [0, 0.1) is 0 Å². The molecule has 0 saturated heterocycles. The van der Waals surface area contributed by atoms with Crippen LogP contribution in [-0.2, 0) is 14.3 Å². The minimum absolute atomic E-state index is 0.100. The molecule has 1 unspecified atom stereocenters. The summed E-state index contributed by atoms with van der Waals surface area (Å²) in [5.74, 6) is -0.576. The van der Waals surface area contributed by atoms with E-state index in [0.29, 0.717) is 21.3 Å². The quantitative estimate of drug-likeness (QED) is 0.626. The number of urea groups is 1. The van der Waals surface area contributed by atoms with Crippen LogP contribution in [0.2, 0.25) is 10.0 Å². The Labute approximate surface area is 143 Å². The first-order valence-electron chi connectivity index (χ1n) is 6.84. The standard InChI is InChI=1S/C15H16Cl2N2O4/c1-8-11(14(20)23-7-6-22-2)13(19-15(21)18-8)12-9(16)4-3-5-10(12)17/h3-5,13H,6-7H2,1-2H3,(H2,18,19,21). The van der Waals surface area contributed by atoms with Gasteiger partial charge in [-0.05, 0) is 19.1 Å². The highest BCUT2D eigenvalue weighted by Gasteiger charge is 2.34. The van der Waals surface area contributed by atoms with Crippen molar-refractivity contribution in [2.45, 2.75) is 13.0 Å². The van der Waals surface area contributed by atoms with E-state index in [1.54, 1.807) is 25.1 Å². The maximum absolute atomic E-state index is 12.4. The summed E-state index contributed by atoms with van der Waals surface area (Å²) in [6.07, 6.45) is 0. The van der Waals surface area contributed by atoms with Gasteiger partial charge in [-0.15, -0.1) is 0 Å². The van der Waals surface area contributed by atoms with E-state index in [0.717, 1.165) is 0 Å². The van der Waals surface area contributed by atoms with E-state index in [4.69, 9.17) is 32.7 Å². The van der Waals surface area contributed by atoms with Gasteiger partial charge in [0, 0.05) is 28.4 Å². The van der Waals surface area contributed by atoms with E-state index in [9.17, 15) is 9.59 Å². The van der Waals surface area contributed by atoms with Crippen molar-refractivity contribution in [2.24, 2.45) is 0 Å². The van der Waals surface area contributed by atoms with E-state index in [1.807, 2.05) is 0 Å². The Kier molecular flexibility index (Phi) is 5.87. The minimum atomic E-state index is -0.792. The average molecular weight is 359 g/mol. The second-order valence-electron chi connectivity index (χ2n) is 4.83. The molecule has 0 saturated carbocycles. The summed E-state index contributed by atoms with van der Waals surface area (Å²) >= 11 is 12.4. The molecule has 2 amide bonds. The number of esters is 1. The van der Waals surface area contributed by atoms with Gasteiger partial charge in [-0.2, -0.15) is 0 Å². The summed E-state index contributed by atoms with van der Waals surface area (Å²) in [6.45, 7) is 1.99. The number of carbonyl (C=O) groups is 2. The number of ether oxygens (including phenoxy) is 2. The van der Waals surface area contributed by atoms with Gasteiger partial charge in [0.1, 0.15) is 6.61 Å². The number of carbonyl (C=O) groups excluding carboxylic acids is 2. The van der Waals surface area contributed by atoms with Crippen molar-refractivity contribution in [3.8, 4) is 0 Å². The van der Waals surface area contributed by atoms with E-state index in [-0.39, 0.29) is 18.8 Å². The van der Waals surface area contributed by atoms with Crippen molar-refractivity contribution < 1.29 is 19.1 Å². The number of allylic oxidation sites excluding steroid dienone is 1. The molecule has 0 spiro atoms. The number of amides is 2. The molecule has 0 aromatic heterocycles. The Hall–Kier alpha value is -1.76. The van der Waals surface area contributed by atoms with Crippen molar-refractivity contribution in [1.29, 1.82) is 0 Å². The van der Waals surface area contributed by atoms with Crippen LogP contribution in [0.5, 0.6) is 0 Å². The van der Waals surface area contributed by atoms with Crippen molar-refractivity contribution in [3.05, 3.63) is 45.1 Å². The Morgan fingerprint density at radius 3 is 2.52 bits per heavy atom. The number of nitrogens with one attached hydrogen (secondary N) is 2. The molecule has 0 aliphatic carbocycles. The lowest BCUT2D eigenvalue weighted by Gasteiger charge is -2.29. The van der Waals surface area contributed by atoms with Gasteiger partial charge in [-0.3, -0.25) is 0 Å². The van der Waals surface area contributed by atoms with Crippen LogP contribution in [0.4, 0.5) is 4.79 Å². The van der Waals surface area contributed by atoms with Gasteiger partial charge in [0.2, 0.25) is 0 Å². The Balaban J connectivity index is 2.40. The molecule has 1 heterocycles. The third kappa shape index (κ3) is 3.96. The fourth-order valence-corrected chi connectivity index (χ4v) is 2.88. The molecule has 1 aromatic rings. The molecule has 0 fully saturated rings. The van der Waals surface area contributed by atoms with Gasteiger partial charge in [-0.25, -0.2) is 9.59 Å².